The molecule has 10 aromatic rings. The van der Waals surface area contributed by atoms with Crippen molar-refractivity contribution in [2.24, 2.45) is 0 Å². The molecule has 0 N–H and O–H groups in total. The van der Waals surface area contributed by atoms with Crippen molar-refractivity contribution in [3.8, 4) is 39.2 Å². The van der Waals surface area contributed by atoms with Crippen molar-refractivity contribution in [3.63, 3.8) is 0 Å². The Morgan fingerprint density at radius 1 is 0.491 bits per heavy atom. The first-order valence-corrected chi connectivity index (χ1v) is 18.9. The van der Waals surface area contributed by atoms with Crippen LogP contribution < -0.4 is 0 Å². The van der Waals surface area contributed by atoms with Gasteiger partial charge in [-0.15, -0.1) is 11.3 Å². The fraction of sp³-hybridized carbons (Fsp3) is 0.0200. The van der Waals surface area contributed by atoms with E-state index < -0.39 is 5.41 Å². The van der Waals surface area contributed by atoms with E-state index in [1.165, 1.54) is 81.1 Å². The molecule has 0 unspecified atom stereocenters. The lowest BCUT2D eigenvalue weighted by Gasteiger charge is -2.34. The maximum atomic E-state index is 4.67. The Hall–Kier alpha value is -6.55. The van der Waals surface area contributed by atoms with Gasteiger partial charge in [-0.1, -0.05) is 146 Å². The number of benzene rings is 7. The molecule has 7 aromatic carbocycles. The summed E-state index contributed by atoms with van der Waals surface area (Å²) in [5.74, 6) is 0. The van der Waals surface area contributed by atoms with Crippen molar-refractivity contribution in [2.75, 3.05) is 0 Å². The van der Waals surface area contributed by atoms with Crippen LogP contribution in [0.3, 0.4) is 0 Å². The van der Waals surface area contributed by atoms with Gasteiger partial charge in [0.15, 0.2) is 0 Å². The summed E-state index contributed by atoms with van der Waals surface area (Å²) in [6.45, 7) is 0. The van der Waals surface area contributed by atoms with Gasteiger partial charge in [0.05, 0.1) is 16.6 Å². The summed E-state index contributed by atoms with van der Waals surface area (Å²) < 4.78 is 5.10. The number of thiophene rings is 1. The second-order valence-electron chi connectivity index (χ2n) is 13.9. The van der Waals surface area contributed by atoms with Gasteiger partial charge in [-0.2, -0.15) is 0 Å². The van der Waals surface area contributed by atoms with E-state index in [1.54, 1.807) is 0 Å². The van der Waals surface area contributed by atoms with Gasteiger partial charge < -0.3 is 4.57 Å². The SMILES string of the molecule is c1ccc(-n2c(-c3ccc(-c4cccc5c4sc4ccccc45)cc3)cc3c4c(ccc32)-c2cnccc2C4(c2ccccc2)c2ccccc2)cc1. The van der Waals surface area contributed by atoms with E-state index in [0.29, 0.717) is 0 Å². The summed E-state index contributed by atoms with van der Waals surface area (Å²) >= 11 is 1.88. The van der Waals surface area contributed by atoms with Crippen LogP contribution in [0.2, 0.25) is 0 Å². The topological polar surface area (TPSA) is 17.8 Å². The molecular weight excluding hydrogens is 661 g/mol. The summed E-state index contributed by atoms with van der Waals surface area (Å²) in [6.07, 6.45) is 4.00. The van der Waals surface area contributed by atoms with Crippen LogP contribution in [0.4, 0.5) is 0 Å². The molecule has 0 amide bonds. The van der Waals surface area contributed by atoms with Crippen LogP contribution in [0.25, 0.3) is 70.3 Å². The quantitative estimate of drug-likeness (QED) is 0.176. The standard InChI is InChI=1S/C50H32N2S/c1-4-13-35(14-5-1)50(36-15-6-2-7-16-36)44-29-30-51-32-43(44)40-27-28-45-42(48(40)50)31-46(52(45)37-17-8-3-9-18-37)34-25-23-33(24-26-34)38-20-12-21-41-39-19-10-11-22-47(39)53-49(38)41/h1-32H. The Morgan fingerprint density at radius 2 is 1.15 bits per heavy atom. The van der Waals surface area contributed by atoms with Gasteiger partial charge in [-0.3, -0.25) is 4.98 Å². The van der Waals surface area contributed by atoms with E-state index in [9.17, 15) is 0 Å². The summed E-state index contributed by atoms with van der Waals surface area (Å²) in [5.41, 5.74) is 14.1. The van der Waals surface area contributed by atoms with Gasteiger partial charge in [0.2, 0.25) is 0 Å². The molecule has 0 spiro atoms. The molecule has 1 aliphatic rings. The third-order valence-electron chi connectivity index (χ3n) is 11.2. The van der Waals surface area contributed by atoms with Crippen molar-refractivity contribution in [3.05, 3.63) is 217 Å². The predicted molar refractivity (Wildman–Crippen MR) is 222 cm³/mol. The van der Waals surface area contributed by atoms with Crippen LogP contribution in [0.15, 0.2) is 194 Å². The third-order valence-corrected chi connectivity index (χ3v) is 12.4. The molecule has 0 atom stereocenters. The van der Waals surface area contributed by atoms with Gasteiger partial charge in [-0.05, 0) is 80.9 Å². The molecule has 11 rings (SSSR count). The minimum Gasteiger partial charge on any atom is -0.309 e. The lowest BCUT2D eigenvalue weighted by atomic mass is 9.67. The normalized spacial score (nSPS) is 13.1. The average molecular weight is 693 g/mol. The summed E-state index contributed by atoms with van der Waals surface area (Å²) in [6, 6.07) is 66.8. The van der Waals surface area contributed by atoms with Crippen LogP contribution in [-0.2, 0) is 5.41 Å². The number of hydrogen-bond acceptors (Lipinski definition) is 2. The first-order chi connectivity index (χ1) is 26.3. The van der Waals surface area contributed by atoms with Gasteiger partial charge in [-0.25, -0.2) is 0 Å². The van der Waals surface area contributed by atoms with E-state index in [-0.39, 0.29) is 0 Å². The molecule has 0 radical (unpaired) electrons. The van der Waals surface area contributed by atoms with E-state index in [0.717, 1.165) is 11.4 Å². The molecule has 0 saturated carbocycles. The van der Waals surface area contributed by atoms with Gasteiger partial charge in [0.25, 0.3) is 0 Å². The number of aromatic nitrogens is 2. The Kier molecular flexibility index (Phi) is 6.67. The molecule has 3 aromatic heterocycles. The van der Waals surface area contributed by atoms with Gasteiger partial charge >= 0.3 is 0 Å². The molecule has 3 heteroatoms. The average Bonchev–Trinajstić information content (AvgIpc) is 3.91. The molecule has 0 aliphatic heterocycles. The highest BCUT2D eigenvalue weighted by molar-refractivity contribution is 7.26. The second kappa shape index (κ2) is 11.7. The van der Waals surface area contributed by atoms with Crippen LogP contribution in [0.1, 0.15) is 22.3 Å². The molecule has 1 aliphatic carbocycles. The first-order valence-electron chi connectivity index (χ1n) is 18.1. The van der Waals surface area contributed by atoms with Gasteiger partial charge in [0, 0.05) is 49.2 Å². The Labute approximate surface area is 311 Å². The molecule has 3 heterocycles. The van der Waals surface area contributed by atoms with Crippen LogP contribution in [-0.4, -0.2) is 9.55 Å². The highest BCUT2D eigenvalue weighted by atomic mass is 32.1. The zero-order valence-corrected chi connectivity index (χ0v) is 29.6. The molecule has 53 heavy (non-hydrogen) atoms. The monoisotopic (exact) mass is 692 g/mol. The van der Waals surface area contributed by atoms with Crippen molar-refractivity contribution >= 4 is 42.4 Å². The maximum absolute atomic E-state index is 4.67. The number of fused-ring (bicyclic) bond motifs is 8. The summed E-state index contributed by atoms with van der Waals surface area (Å²) in [4.78, 5) is 4.67. The van der Waals surface area contributed by atoms with Gasteiger partial charge in [0.1, 0.15) is 0 Å². The van der Waals surface area contributed by atoms with Crippen LogP contribution in [0, 0.1) is 0 Å². The Morgan fingerprint density at radius 3 is 1.91 bits per heavy atom. The first kappa shape index (κ1) is 30.1. The lowest BCUT2D eigenvalue weighted by Crippen LogP contribution is -2.28. The molecule has 0 fully saturated rings. The Bertz CT molecular complexity index is 2940. The lowest BCUT2D eigenvalue weighted by molar-refractivity contribution is 0.774. The van der Waals surface area contributed by atoms with E-state index in [1.807, 2.05) is 17.5 Å². The van der Waals surface area contributed by atoms with Crippen molar-refractivity contribution < 1.29 is 0 Å². The number of nitrogens with zero attached hydrogens (tertiary/aromatic N) is 2. The largest absolute Gasteiger partial charge is 0.309 e. The minimum atomic E-state index is -0.525. The Balaban J connectivity index is 1.18. The zero-order valence-electron chi connectivity index (χ0n) is 28.8. The molecule has 0 bridgehead atoms. The number of para-hydroxylation sites is 1. The van der Waals surface area contributed by atoms with E-state index in [4.69, 9.17) is 0 Å². The second-order valence-corrected chi connectivity index (χ2v) is 14.9. The molecular formula is C50H32N2S. The predicted octanol–water partition coefficient (Wildman–Crippen LogP) is 13.1. The summed E-state index contributed by atoms with van der Waals surface area (Å²) in [7, 11) is 0. The van der Waals surface area contributed by atoms with Crippen LogP contribution >= 0.6 is 11.3 Å². The van der Waals surface area contributed by atoms with Crippen molar-refractivity contribution in [1.29, 1.82) is 0 Å². The van der Waals surface area contributed by atoms with Crippen LogP contribution in [0.5, 0.6) is 0 Å². The fourth-order valence-electron chi connectivity index (χ4n) is 8.99. The zero-order chi connectivity index (χ0) is 34.9. The number of hydrogen-bond donors (Lipinski definition) is 0. The number of pyridine rings is 1. The van der Waals surface area contributed by atoms with E-state index >= 15 is 0 Å². The highest BCUT2D eigenvalue weighted by Crippen LogP contribution is 2.58. The minimum absolute atomic E-state index is 0.525. The fourth-order valence-corrected chi connectivity index (χ4v) is 10.2. The summed E-state index contributed by atoms with van der Waals surface area (Å²) in [5, 5.41) is 3.89. The molecule has 248 valence electrons. The molecule has 2 nitrogen and oxygen atoms in total. The number of rotatable bonds is 5. The third kappa shape index (κ3) is 4.35. The van der Waals surface area contributed by atoms with Crippen molar-refractivity contribution in [2.45, 2.75) is 5.41 Å². The molecule has 0 saturated heterocycles. The highest BCUT2D eigenvalue weighted by Gasteiger charge is 2.47. The van der Waals surface area contributed by atoms with Crippen molar-refractivity contribution in [1.82, 2.24) is 9.55 Å². The smallest absolute Gasteiger partial charge is 0.0721 e. The van der Waals surface area contributed by atoms with E-state index in [2.05, 4.69) is 198 Å². The maximum Gasteiger partial charge on any atom is 0.0721 e.